The highest BCUT2D eigenvalue weighted by molar-refractivity contribution is 5.88. The Labute approximate surface area is 202 Å². The van der Waals surface area contributed by atoms with Crippen LogP contribution < -0.4 is 9.47 Å². The number of para-hydroxylation sites is 1. The first kappa shape index (κ1) is 21.6. The summed E-state index contributed by atoms with van der Waals surface area (Å²) in [5.74, 6) is 1.87. The van der Waals surface area contributed by atoms with E-state index in [-0.39, 0.29) is 11.8 Å². The lowest BCUT2D eigenvalue weighted by Crippen LogP contribution is -2.33. The summed E-state index contributed by atoms with van der Waals surface area (Å²) in [7, 11) is 0. The molecule has 1 unspecified atom stereocenters. The maximum Gasteiger partial charge on any atom is 0.354 e. The molecule has 2 aliphatic heterocycles. The summed E-state index contributed by atoms with van der Waals surface area (Å²) in [4.78, 5) is 25.4. The van der Waals surface area contributed by atoms with Gasteiger partial charge >= 0.3 is 5.97 Å². The Hall–Kier alpha value is -3.91. The molecule has 0 aliphatic carbocycles. The number of hydrogen-bond acceptors (Lipinski definition) is 6. The number of rotatable bonds is 5. The molecule has 0 spiro atoms. The monoisotopic (exact) mass is 470 g/mol. The third-order valence-electron chi connectivity index (χ3n) is 6.84. The molecule has 6 rings (SSSR count). The molecule has 0 amide bonds. The third kappa shape index (κ3) is 4.33. The molecule has 35 heavy (non-hydrogen) atoms. The predicted molar refractivity (Wildman–Crippen MR) is 130 cm³/mol. The fourth-order valence-corrected chi connectivity index (χ4v) is 5.03. The van der Waals surface area contributed by atoms with Gasteiger partial charge < -0.3 is 19.6 Å². The first-order valence-electron chi connectivity index (χ1n) is 11.9. The molecule has 8 heteroatoms. The average molecular weight is 471 g/mol. The van der Waals surface area contributed by atoms with Gasteiger partial charge in [0.25, 0.3) is 0 Å². The van der Waals surface area contributed by atoms with Crippen molar-refractivity contribution in [3.05, 3.63) is 83.3 Å². The van der Waals surface area contributed by atoms with Crippen LogP contribution in [0, 0.1) is 0 Å². The van der Waals surface area contributed by atoms with Crippen molar-refractivity contribution in [1.29, 1.82) is 0 Å². The van der Waals surface area contributed by atoms with E-state index >= 15 is 0 Å². The molecule has 2 aromatic heterocycles. The first-order chi connectivity index (χ1) is 17.1. The number of aromatic amines is 1. The van der Waals surface area contributed by atoms with E-state index in [1.807, 2.05) is 24.3 Å². The van der Waals surface area contributed by atoms with E-state index in [1.165, 1.54) is 11.6 Å². The van der Waals surface area contributed by atoms with Gasteiger partial charge in [-0.1, -0.05) is 42.5 Å². The zero-order chi connectivity index (χ0) is 23.8. The van der Waals surface area contributed by atoms with Gasteiger partial charge in [0.1, 0.15) is 12.4 Å². The summed E-state index contributed by atoms with van der Waals surface area (Å²) in [5.41, 5.74) is 3.54. The summed E-state index contributed by atoms with van der Waals surface area (Å²) in [6.45, 7) is 3.06. The molecule has 2 aliphatic rings. The summed E-state index contributed by atoms with van der Waals surface area (Å²) < 4.78 is 12.6. The van der Waals surface area contributed by atoms with Gasteiger partial charge in [-0.25, -0.2) is 14.8 Å². The van der Waals surface area contributed by atoms with Crippen LogP contribution in [-0.4, -0.2) is 50.6 Å². The van der Waals surface area contributed by atoms with E-state index < -0.39 is 5.97 Å². The molecule has 8 nitrogen and oxygen atoms in total. The fraction of sp³-hybridized carbons (Fsp3) is 0.296. The highest BCUT2D eigenvalue weighted by Crippen LogP contribution is 2.44. The SMILES string of the molecule is O=C(O)c1ccc2[nH]c(CN3CCC(c4cccc5c4OCC(c4ccccc4)O5)CC3)nc2n1. The summed E-state index contributed by atoms with van der Waals surface area (Å²) in [6.07, 6.45) is 1.94. The van der Waals surface area contributed by atoms with Crippen LogP contribution in [0.1, 0.15) is 52.3 Å². The minimum Gasteiger partial charge on any atom is -0.485 e. The lowest BCUT2D eigenvalue weighted by molar-refractivity contribution is 0.0691. The standard InChI is InChI=1S/C27H26N4O4/c32-27(33)21-10-9-20-26(29-21)30-24(28-20)15-31-13-11-17(12-14-31)19-7-4-8-22-25(19)34-16-23(35-22)18-5-2-1-3-6-18/h1-10,17,23H,11-16H2,(H,32,33)(H,28,29,30). The van der Waals surface area contributed by atoms with E-state index in [0.29, 0.717) is 24.7 Å². The van der Waals surface area contributed by atoms with E-state index in [2.05, 4.69) is 44.1 Å². The molecule has 0 bridgehead atoms. The molecule has 0 radical (unpaired) electrons. The molecular formula is C27H26N4O4. The number of piperidine rings is 1. The van der Waals surface area contributed by atoms with Gasteiger partial charge in [0.15, 0.2) is 28.9 Å². The van der Waals surface area contributed by atoms with Crippen LogP contribution in [0.4, 0.5) is 0 Å². The lowest BCUT2D eigenvalue weighted by Gasteiger charge is -2.34. The number of imidazole rings is 1. The third-order valence-corrected chi connectivity index (χ3v) is 6.84. The van der Waals surface area contributed by atoms with Crippen molar-refractivity contribution in [3.8, 4) is 11.5 Å². The van der Waals surface area contributed by atoms with Gasteiger partial charge in [-0.3, -0.25) is 4.90 Å². The molecule has 178 valence electrons. The molecule has 1 fully saturated rings. The fourth-order valence-electron chi connectivity index (χ4n) is 5.03. The summed E-state index contributed by atoms with van der Waals surface area (Å²) in [5, 5.41) is 9.14. The van der Waals surface area contributed by atoms with Crippen molar-refractivity contribution >= 4 is 17.1 Å². The number of aromatic nitrogens is 3. The van der Waals surface area contributed by atoms with Crippen molar-refractivity contribution in [2.75, 3.05) is 19.7 Å². The second kappa shape index (κ2) is 9.03. The molecule has 1 atom stereocenters. The Morgan fingerprint density at radius 2 is 1.86 bits per heavy atom. The zero-order valence-electron chi connectivity index (χ0n) is 19.2. The summed E-state index contributed by atoms with van der Waals surface area (Å²) >= 11 is 0. The topological polar surface area (TPSA) is 101 Å². The van der Waals surface area contributed by atoms with Gasteiger partial charge in [-0.05, 0) is 55.6 Å². The number of nitrogens with one attached hydrogen (secondary N) is 1. The normalized spacial score (nSPS) is 18.6. The average Bonchev–Trinajstić information content (AvgIpc) is 3.30. The predicted octanol–water partition coefficient (Wildman–Crippen LogP) is 4.55. The van der Waals surface area contributed by atoms with Crippen LogP contribution in [0.25, 0.3) is 11.2 Å². The smallest absolute Gasteiger partial charge is 0.354 e. The number of aromatic carboxylic acids is 1. The van der Waals surface area contributed by atoms with Gasteiger partial charge in [-0.2, -0.15) is 0 Å². The van der Waals surface area contributed by atoms with Crippen LogP contribution in [0.3, 0.4) is 0 Å². The van der Waals surface area contributed by atoms with Crippen molar-refractivity contribution in [2.24, 2.45) is 0 Å². The number of hydrogen-bond donors (Lipinski definition) is 2. The van der Waals surface area contributed by atoms with Crippen molar-refractivity contribution in [1.82, 2.24) is 19.9 Å². The number of likely N-dealkylation sites (tertiary alicyclic amines) is 1. The van der Waals surface area contributed by atoms with Crippen LogP contribution in [-0.2, 0) is 6.54 Å². The molecule has 0 saturated carbocycles. The lowest BCUT2D eigenvalue weighted by atomic mass is 9.88. The molecule has 1 saturated heterocycles. The Kier molecular flexibility index (Phi) is 5.58. The van der Waals surface area contributed by atoms with Crippen molar-refractivity contribution in [2.45, 2.75) is 31.4 Å². The minimum atomic E-state index is -1.05. The molecule has 4 aromatic rings. The van der Waals surface area contributed by atoms with Crippen LogP contribution in [0.15, 0.2) is 60.7 Å². The van der Waals surface area contributed by atoms with Gasteiger partial charge in [0, 0.05) is 5.56 Å². The van der Waals surface area contributed by atoms with Gasteiger partial charge in [0.05, 0.1) is 12.1 Å². The highest BCUT2D eigenvalue weighted by atomic mass is 16.6. The molecule has 2 aromatic carbocycles. The van der Waals surface area contributed by atoms with E-state index in [9.17, 15) is 4.79 Å². The van der Waals surface area contributed by atoms with E-state index in [1.54, 1.807) is 6.07 Å². The van der Waals surface area contributed by atoms with Crippen LogP contribution >= 0.6 is 0 Å². The zero-order valence-corrected chi connectivity index (χ0v) is 19.2. The molecule has 2 N–H and O–H groups in total. The van der Waals surface area contributed by atoms with Gasteiger partial charge in [0.2, 0.25) is 0 Å². The highest BCUT2D eigenvalue weighted by Gasteiger charge is 2.29. The Bertz CT molecular complexity index is 1360. The van der Waals surface area contributed by atoms with E-state index in [4.69, 9.17) is 14.6 Å². The second-order valence-electron chi connectivity index (χ2n) is 9.11. The van der Waals surface area contributed by atoms with Crippen molar-refractivity contribution in [3.63, 3.8) is 0 Å². The van der Waals surface area contributed by atoms with Crippen LogP contribution in [0.5, 0.6) is 11.5 Å². The quantitative estimate of drug-likeness (QED) is 0.441. The Morgan fingerprint density at radius 1 is 1.03 bits per heavy atom. The number of carbonyl (C=O) groups is 1. The maximum absolute atomic E-state index is 11.2. The maximum atomic E-state index is 11.2. The Morgan fingerprint density at radius 3 is 2.66 bits per heavy atom. The molecular weight excluding hydrogens is 444 g/mol. The van der Waals surface area contributed by atoms with Crippen LogP contribution in [0.2, 0.25) is 0 Å². The number of H-pyrrole nitrogens is 1. The number of ether oxygens (including phenoxy) is 2. The largest absolute Gasteiger partial charge is 0.485 e. The number of nitrogens with zero attached hydrogens (tertiary/aromatic N) is 3. The van der Waals surface area contributed by atoms with Gasteiger partial charge in [-0.15, -0.1) is 0 Å². The van der Waals surface area contributed by atoms with Crippen molar-refractivity contribution < 1.29 is 19.4 Å². The Balaban J connectivity index is 1.11. The molecule has 4 heterocycles. The first-order valence-corrected chi connectivity index (χ1v) is 11.9. The summed E-state index contributed by atoms with van der Waals surface area (Å²) in [6, 6.07) is 19.6. The van der Waals surface area contributed by atoms with E-state index in [0.717, 1.165) is 54.3 Å². The number of fused-ring (bicyclic) bond motifs is 2. The minimum absolute atomic E-state index is 0.00356. The number of carboxylic acids is 1. The number of carboxylic acid groups (broad SMARTS) is 1. The number of pyridine rings is 1. The number of benzene rings is 2. The second-order valence-corrected chi connectivity index (χ2v) is 9.11.